The lowest BCUT2D eigenvalue weighted by atomic mass is 10.2. The number of nitrogens with two attached hydrogens (primary N) is 1. The zero-order valence-electron chi connectivity index (χ0n) is 10.9. The van der Waals surface area contributed by atoms with E-state index in [-0.39, 0.29) is 22.4 Å². The fourth-order valence-electron chi connectivity index (χ4n) is 2.17. The molecule has 1 aromatic heterocycles. The minimum Gasteiger partial charge on any atom is -0.494 e. The van der Waals surface area contributed by atoms with Crippen LogP contribution < -0.4 is 10.5 Å². The van der Waals surface area contributed by atoms with E-state index < -0.39 is 11.6 Å². The maximum Gasteiger partial charge on any atom is 0.206 e. The normalized spacial score (nSPS) is 11.0. The molecule has 1 heterocycles. The first-order valence-electron chi connectivity index (χ1n) is 5.98. The number of methoxy groups -OCH3 is 1. The van der Waals surface area contributed by atoms with E-state index in [1.165, 1.54) is 35.9 Å². The molecule has 0 aliphatic rings. The predicted molar refractivity (Wildman–Crippen MR) is 77.0 cm³/mol. The van der Waals surface area contributed by atoms with Gasteiger partial charge in [-0.2, -0.15) is 0 Å². The molecule has 2 N–H and O–H groups in total. The molecule has 21 heavy (non-hydrogen) atoms. The molecular weight excluding hydrogens is 300 g/mol. The van der Waals surface area contributed by atoms with Crippen molar-refractivity contribution in [2.24, 2.45) is 0 Å². The van der Waals surface area contributed by atoms with Crippen LogP contribution in [0.25, 0.3) is 16.7 Å². The van der Waals surface area contributed by atoms with E-state index in [1.807, 2.05) is 0 Å². The van der Waals surface area contributed by atoms with Gasteiger partial charge >= 0.3 is 0 Å². The summed E-state index contributed by atoms with van der Waals surface area (Å²) >= 11 is 5.78. The summed E-state index contributed by atoms with van der Waals surface area (Å²) in [6, 6.07) is 7.12. The largest absolute Gasteiger partial charge is 0.494 e. The second-order valence-corrected chi connectivity index (χ2v) is 4.76. The summed E-state index contributed by atoms with van der Waals surface area (Å²) < 4.78 is 34.2. The monoisotopic (exact) mass is 309 g/mol. The van der Waals surface area contributed by atoms with Gasteiger partial charge in [0.05, 0.1) is 28.9 Å². The first-order valence-corrected chi connectivity index (χ1v) is 6.36. The fourth-order valence-corrected chi connectivity index (χ4v) is 2.34. The average Bonchev–Trinajstić information content (AvgIpc) is 2.76. The van der Waals surface area contributed by atoms with Crippen molar-refractivity contribution >= 4 is 28.6 Å². The molecule has 2 aromatic carbocycles. The topological polar surface area (TPSA) is 53.1 Å². The highest BCUT2D eigenvalue weighted by Crippen LogP contribution is 2.31. The van der Waals surface area contributed by atoms with E-state index >= 15 is 0 Å². The van der Waals surface area contributed by atoms with Gasteiger partial charge in [-0.15, -0.1) is 0 Å². The van der Waals surface area contributed by atoms with Crippen LogP contribution in [0.1, 0.15) is 0 Å². The van der Waals surface area contributed by atoms with Crippen molar-refractivity contribution in [3.63, 3.8) is 0 Å². The Kier molecular flexibility index (Phi) is 3.17. The van der Waals surface area contributed by atoms with Gasteiger partial charge in [-0.05, 0) is 12.1 Å². The van der Waals surface area contributed by atoms with Gasteiger partial charge in [0, 0.05) is 12.1 Å². The second-order valence-electron chi connectivity index (χ2n) is 4.35. The predicted octanol–water partition coefficient (Wildman–Crippen LogP) is 3.55. The first kappa shape index (κ1) is 13.6. The lowest BCUT2D eigenvalue weighted by Gasteiger charge is -2.09. The number of aromatic nitrogens is 2. The summed E-state index contributed by atoms with van der Waals surface area (Å²) in [7, 11) is 1.34. The van der Waals surface area contributed by atoms with Gasteiger partial charge in [-0.1, -0.05) is 17.7 Å². The highest BCUT2D eigenvalue weighted by Gasteiger charge is 2.17. The molecule has 4 nitrogen and oxygen atoms in total. The van der Waals surface area contributed by atoms with Gasteiger partial charge in [-0.25, -0.2) is 13.8 Å². The molecule has 0 bridgehead atoms. The number of hydrogen-bond acceptors (Lipinski definition) is 3. The Hall–Kier alpha value is -2.34. The zero-order chi connectivity index (χ0) is 15.1. The second kappa shape index (κ2) is 4.89. The Morgan fingerprint density at radius 1 is 1.29 bits per heavy atom. The summed E-state index contributed by atoms with van der Waals surface area (Å²) in [6.07, 6.45) is 0. The number of fused-ring (bicyclic) bond motifs is 1. The molecule has 3 aromatic rings. The molecular formula is C14H10ClF2N3O. The van der Waals surface area contributed by atoms with Crippen LogP contribution in [-0.4, -0.2) is 16.7 Å². The van der Waals surface area contributed by atoms with Crippen LogP contribution in [0.15, 0.2) is 30.3 Å². The molecule has 0 radical (unpaired) electrons. The van der Waals surface area contributed by atoms with E-state index in [9.17, 15) is 8.78 Å². The van der Waals surface area contributed by atoms with E-state index in [0.717, 1.165) is 0 Å². The lowest BCUT2D eigenvalue weighted by molar-refractivity contribution is 0.387. The van der Waals surface area contributed by atoms with Crippen molar-refractivity contribution in [3.05, 3.63) is 47.0 Å². The van der Waals surface area contributed by atoms with Gasteiger partial charge < -0.3 is 10.5 Å². The molecule has 0 aliphatic carbocycles. The van der Waals surface area contributed by atoms with E-state index in [4.69, 9.17) is 22.1 Å². The van der Waals surface area contributed by atoms with Crippen LogP contribution >= 0.6 is 11.6 Å². The van der Waals surface area contributed by atoms with E-state index in [2.05, 4.69) is 4.98 Å². The van der Waals surface area contributed by atoms with Gasteiger partial charge in [0.15, 0.2) is 17.4 Å². The molecule has 7 heteroatoms. The molecule has 0 unspecified atom stereocenters. The number of ether oxygens (including phenoxy) is 1. The molecule has 0 saturated carbocycles. The SMILES string of the molecule is COc1cc2c(cc1F)nc(N)n2-c1cccc(Cl)c1F. The van der Waals surface area contributed by atoms with Crippen LogP contribution in [0, 0.1) is 11.6 Å². The van der Waals surface area contributed by atoms with Crippen molar-refractivity contribution < 1.29 is 13.5 Å². The fraction of sp³-hybridized carbons (Fsp3) is 0.0714. The minimum atomic E-state index is -0.631. The van der Waals surface area contributed by atoms with E-state index in [1.54, 1.807) is 6.07 Å². The van der Waals surface area contributed by atoms with Crippen LogP contribution in [0.2, 0.25) is 5.02 Å². The Labute approximate surface area is 123 Å². The van der Waals surface area contributed by atoms with Crippen molar-refractivity contribution in [2.45, 2.75) is 0 Å². The Morgan fingerprint density at radius 3 is 2.76 bits per heavy atom. The number of nitrogens with zero attached hydrogens (tertiary/aromatic N) is 2. The summed E-state index contributed by atoms with van der Waals surface area (Å²) in [5, 5.41) is -0.0390. The lowest BCUT2D eigenvalue weighted by Crippen LogP contribution is -2.03. The molecule has 0 saturated heterocycles. The molecule has 108 valence electrons. The zero-order valence-corrected chi connectivity index (χ0v) is 11.7. The number of hydrogen-bond donors (Lipinski definition) is 1. The van der Waals surface area contributed by atoms with Crippen LogP contribution in [0.3, 0.4) is 0 Å². The number of imidazole rings is 1. The van der Waals surface area contributed by atoms with Crippen molar-refractivity contribution in [3.8, 4) is 11.4 Å². The van der Waals surface area contributed by atoms with Gasteiger partial charge in [0.1, 0.15) is 0 Å². The van der Waals surface area contributed by atoms with Crippen LogP contribution in [0.5, 0.6) is 5.75 Å². The summed E-state index contributed by atoms with van der Waals surface area (Å²) in [5.41, 5.74) is 6.68. The smallest absolute Gasteiger partial charge is 0.206 e. The van der Waals surface area contributed by atoms with Gasteiger partial charge in [0.2, 0.25) is 5.95 Å². The molecule has 0 aliphatic heterocycles. The standard InChI is InChI=1S/C14H10ClF2N3O/c1-21-12-6-11-9(5-8(12)16)19-14(18)20(11)10-4-2-3-7(15)13(10)17/h2-6H,1H3,(H2,18,19). The maximum atomic E-state index is 14.2. The van der Waals surface area contributed by atoms with Crippen molar-refractivity contribution in [2.75, 3.05) is 12.8 Å². The Morgan fingerprint density at radius 2 is 2.05 bits per heavy atom. The summed E-state index contributed by atoms with van der Waals surface area (Å²) in [4.78, 5) is 4.03. The Bertz CT molecular complexity index is 848. The summed E-state index contributed by atoms with van der Waals surface area (Å²) in [6.45, 7) is 0. The molecule has 0 fully saturated rings. The van der Waals surface area contributed by atoms with Crippen molar-refractivity contribution in [1.82, 2.24) is 9.55 Å². The third kappa shape index (κ3) is 2.08. The first-order chi connectivity index (χ1) is 10.0. The third-order valence-corrected chi connectivity index (χ3v) is 3.42. The number of anilines is 1. The van der Waals surface area contributed by atoms with Gasteiger partial charge in [0.25, 0.3) is 0 Å². The summed E-state index contributed by atoms with van der Waals surface area (Å²) in [5.74, 6) is -1.15. The molecule has 0 atom stereocenters. The molecule has 3 rings (SSSR count). The number of nitrogen functional groups attached to an aromatic ring is 1. The average molecular weight is 310 g/mol. The molecule has 0 amide bonds. The van der Waals surface area contributed by atoms with E-state index in [0.29, 0.717) is 11.0 Å². The Balaban J connectivity index is 2.36. The van der Waals surface area contributed by atoms with Crippen LogP contribution in [0.4, 0.5) is 14.7 Å². The van der Waals surface area contributed by atoms with Crippen LogP contribution in [-0.2, 0) is 0 Å². The maximum absolute atomic E-state index is 14.2. The molecule has 0 spiro atoms. The number of halogens is 3. The highest BCUT2D eigenvalue weighted by atomic mass is 35.5. The van der Waals surface area contributed by atoms with Crippen molar-refractivity contribution in [1.29, 1.82) is 0 Å². The quantitative estimate of drug-likeness (QED) is 0.787. The van der Waals surface area contributed by atoms with Gasteiger partial charge in [-0.3, -0.25) is 4.57 Å². The highest BCUT2D eigenvalue weighted by molar-refractivity contribution is 6.30. The number of benzene rings is 2. The third-order valence-electron chi connectivity index (χ3n) is 3.13. The minimum absolute atomic E-state index is 0.0195. The number of rotatable bonds is 2.